The second-order valence-corrected chi connectivity index (χ2v) is 25.8. The van der Waals surface area contributed by atoms with E-state index in [1.165, 1.54) is 16.8 Å². The first-order valence-electron chi connectivity index (χ1n) is 33.6. The fourth-order valence-corrected chi connectivity index (χ4v) is 13.5. The minimum atomic E-state index is -1.71. The van der Waals surface area contributed by atoms with Crippen molar-refractivity contribution in [2.75, 3.05) is 46.4 Å². The zero-order valence-electron chi connectivity index (χ0n) is 55.8. The van der Waals surface area contributed by atoms with Crippen molar-refractivity contribution in [2.45, 2.75) is 169 Å². The van der Waals surface area contributed by atoms with Crippen LogP contribution in [0.2, 0.25) is 0 Å². The maximum Gasteiger partial charge on any atom is 0.326 e. The van der Waals surface area contributed by atoms with Crippen LogP contribution in [0, 0.1) is 11.8 Å². The number of benzene rings is 3. The third kappa shape index (κ3) is 22.0. The number of aliphatic hydroxyl groups excluding tert-OH is 2. The molecule has 12 atom stereocenters. The Morgan fingerprint density at radius 3 is 1.71 bits per heavy atom. The molecular weight excluding hydrogens is 1280 g/mol. The maximum absolute atomic E-state index is 15.2. The Labute approximate surface area is 574 Å². The molecule has 538 valence electrons. The van der Waals surface area contributed by atoms with Gasteiger partial charge in [0.25, 0.3) is 0 Å². The van der Waals surface area contributed by atoms with Gasteiger partial charge in [-0.25, -0.2) is 4.79 Å². The van der Waals surface area contributed by atoms with Gasteiger partial charge >= 0.3 is 5.97 Å². The highest BCUT2D eigenvalue weighted by Crippen LogP contribution is 2.41. The second kappa shape index (κ2) is 37.1. The minimum Gasteiger partial charge on any atom is -0.480 e. The molecule has 4 aliphatic rings. The Morgan fingerprint density at radius 2 is 1.13 bits per heavy atom. The van der Waals surface area contributed by atoms with Crippen molar-refractivity contribution in [1.29, 1.82) is 0 Å². The number of nitrogens with two attached hydrogens (primary N) is 7. The number of fused-ring (bicyclic) bond motifs is 2. The summed E-state index contributed by atoms with van der Waals surface area (Å²) in [5.74, 6) is -9.53. The van der Waals surface area contributed by atoms with Crippen molar-refractivity contribution in [3.63, 3.8) is 0 Å². The molecule has 2 heterocycles. The van der Waals surface area contributed by atoms with Crippen LogP contribution in [0.3, 0.4) is 0 Å². The number of β-amino-alcohol motifs (C(OH)–C–C–N with tert-alkyl or cyclic N) is 1. The monoisotopic (exact) mass is 1380 g/mol. The van der Waals surface area contributed by atoms with Crippen LogP contribution in [0.1, 0.15) is 99.3 Å². The van der Waals surface area contributed by atoms with Crippen LogP contribution in [-0.4, -0.2) is 220 Å². The molecule has 0 radical (unpaired) electrons. The molecule has 2 aliphatic carbocycles. The summed E-state index contributed by atoms with van der Waals surface area (Å²) >= 11 is 0. The lowest BCUT2D eigenvalue weighted by Gasteiger charge is -2.36. The van der Waals surface area contributed by atoms with E-state index in [4.69, 9.17) is 40.1 Å². The SMILES string of the molecule is CN(C(=O)[C@H](CCCN=C(N)N)NC(=O)[C@H](N)CCCN=C(N)N)[C@@H](Cc1ccccc1)C(=O)N1C[C@H](O)C[C@H]1C(=O)NCC(=O)N[C@H](C(=O)N[C@@H](CO)C(=O)N[C@@H](Cc1ccccc1)C(=O)N1[C@H](C(=O)N[C@@H](CCCN=C(N)N)C(=O)O)C[C@@H]2CCCC[C@@H]21)C1Cc2ccccc2C1. The van der Waals surface area contributed by atoms with Crippen LogP contribution in [-0.2, 0) is 73.6 Å². The normalized spacial score (nSPS) is 19.9. The molecule has 0 aromatic heterocycles. The van der Waals surface area contributed by atoms with Gasteiger partial charge in [0.15, 0.2) is 17.9 Å². The van der Waals surface area contributed by atoms with Crippen molar-refractivity contribution < 1.29 is 63.3 Å². The lowest BCUT2D eigenvalue weighted by molar-refractivity contribution is -0.148. The van der Waals surface area contributed by atoms with Gasteiger partial charge in [0.1, 0.15) is 48.3 Å². The molecule has 0 bridgehead atoms. The van der Waals surface area contributed by atoms with E-state index in [-0.39, 0.29) is 108 Å². The van der Waals surface area contributed by atoms with E-state index >= 15 is 9.59 Å². The average molecular weight is 1380 g/mol. The number of carboxylic acid groups (broad SMARTS) is 1. The van der Waals surface area contributed by atoms with Crippen molar-refractivity contribution in [1.82, 2.24) is 46.6 Å². The van der Waals surface area contributed by atoms with Gasteiger partial charge in [0.05, 0.1) is 25.3 Å². The van der Waals surface area contributed by atoms with Crippen LogP contribution in [0.25, 0.3) is 0 Å². The molecule has 7 rings (SSSR count). The molecule has 23 N–H and O–H groups in total. The lowest BCUT2D eigenvalue weighted by Crippen LogP contribution is -2.61. The average Bonchev–Trinajstić information content (AvgIpc) is 1.67. The van der Waals surface area contributed by atoms with E-state index in [9.17, 15) is 53.7 Å². The summed E-state index contributed by atoms with van der Waals surface area (Å²) in [4.78, 5) is 159. The smallest absolute Gasteiger partial charge is 0.326 e. The number of hydrogen-bond acceptors (Lipinski definition) is 16. The number of likely N-dealkylation sites (N-methyl/N-ethyl adjacent to an activating group) is 1. The molecule has 2 saturated heterocycles. The third-order valence-electron chi connectivity index (χ3n) is 18.6. The summed E-state index contributed by atoms with van der Waals surface area (Å²) in [5, 5.41) is 48.1. The van der Waals surface area contributed by atoms with Gasteiger partial charge in [-0.2, -0.15) is 0 Å². The summed E-state index contributed by atoms with van der Waals surface area (Å²) < 4.78 is 0. The van der Waals surface area contributed by atoms with Crippen LogP contribution in [0.4, 0.5) is 0 Å². The summed E-state index contributed by atoms with van der Waals surface area (Å²) in [6, 6.07) is 12.5. The molecule has 0 unspecified atom stereocenters. The number of aliphatic hydroxyl groups is 2. The van der Waals surface area contributed by atoms with Gasteiger partial charge in [-0.05, 0) is 105 Å². The molecule has 32 nitrogen and oxygen atoms in total. The zero-order valence-corrected chi connectivity index (χ0v) is 55.8. The summed E-state index contributed by atoms with van der Waals surface area (Å²) in [7, 11) is 1.38. The predicted molar refractivity (Wildman–Crippen MR) is 366 cm³/mol. The van der Waals surface area contributed by atoms with Crippen LogP contribution >= 0.6 is 0 Å². The van der Waals surface area contributed by atoms with Gasteiger partial charge < -0.3 is 102 Å². The van der Waals surface area contributed by atoms with Crippen LogP contribution in [0.15, 0.2) is 99.9 Å². The number of aliphatic carboxylic acids is 1. The maximum atomic E-state index is 15.2. The van der Waals surface area contributed by atoms with Gasteiger partial charge in [-0.1, -0.05) is 97.8 Å². The number of guanidine groups is 3. The Hall–Kier alpha value is -9.95. The van der Waals surface area contributed by atoms with E-state index in [2.05, 4.69) is 46.9 Å². The number of aliphatic imine (C=N–C) groups is 3. The van der Waals surface area contributed by atoms with E-state index in [1.807, 2.05) is 24.3 Å². The molecule has 9 amide bonds. The van der Waals surface area contributed by atoms with E-state index in [0.717, 1.165) is 28.9 Å². The molecule has 32 heteroatoms. The van der Waals surface area contributed by atoms with Crippen molar-refractivity contribution in [3.8, 4) is 0 Å². The van der Waals surface area contributed by atoms with Crippen LogP contribution < -0.4 is 72.0 Å². The summed E-state index contributed by atoms with van der Waals surface area (Å²) in [6.45, 7) is -1.65. The lowest BCUT2D eigenvalue weighted by atomic mass is 9.84. The summed E-state index contributed by atoms with van der Waals surface area (Å²) in [6.07, 6.45) is 2.96. The molecule has 1 saturated carbocycles. The highest BCUT2D eigenvalue weighted by atomic mass is 16.4. The highest BCUT2D eigenvalue weighted by molar-refractivity contribution is 5.99. The fraction of sp³-hybridized carbons (Fsp3) is 0.537. The second-order valence-electron chi connectivity index (χ2n) is 25.8. The first-order valence-corrected chi connectivity index (χ1v) is 33.6. The third-order valence-corrected chi connectivity index (χ3v) is 18.6. The largest absolute Gasteiger partial charge is 0.480 e. The molecule has 99 heavy (non-hydrogen) atoms. The topological polar surface area (TPSA) is 533 Å². The molecule has 3 aromatic rings. The zero-order chi connectivity index (χ0) is 71.9. The Morgan fingerprint density at radius 1 is 0.596 bits per heavy atom. The van der Waals surface area contributed by atoms with Crippen molar-refractivity contribution in [3.05, 3.63) is 107 Å². The summed E-state index contributed by atoms with van der Waals surface area (Å²) in [5.41, 5.74) is 42.1. The van der Waals surface area contributed by atoms with Crippen molar-refractivity contribution in [2.24, 2.45) is 66.9 Å². The van der Waals surface area contributed by atoms with Crippen molar-refractivity contribution >= 4 is 77.0 Å². The van der Waals surface area contributed by atoms with Crippen LogP contribution in [0.5, 0.6) is 0 Å². The first kappa shape index (κ1) is 76.4. The molecule has 3 aromatic carbocycles. The number of rotatable bonds is 35. The number of amides is 9. The van der Waals surface area contributed by atoms with E-state index < -0.39 is 145 Å². The minimum absolute atomic E-state index is 0.0109. The number of carbonyl (C=O) groups is 10. The number of hydrogen-bond donors (Lipinski definition) is 16. The molecule has 3 fully saturated rings. The number of nitrogens with one attached hydrogen (secondary N) is 6. The fourth-order valence-electron chi connectivity index (χ4n) is 13.5. The van der Waals surface area contributed by atoms with Gasteiger partial charge in [0, 0.05) is 58.5 Å². The number of likely N-dealkylation sites (tertiary alicyclic amines) is 2. The quantitative estimate of drug-likeness (QED) is 0.0151. The number of carboxylic acids is 1. The molecular formula is C67H97N19O13. The van der Waals surface area contributed by atoms with E-state index in [1.54, 1.807) is 60.7 Å². The van der Waals surface area contributed by atoms with Gasteiger partial charge in [-0.15, -0.1) is 0 Å². The number of nitrogens with zero attached hydrogens (tertiary/aromatic N) is 6. The highest BCUT2D eigenvalue weighted by Gasteiger charge is 2.50. The predicted octanol–water partition coefficient (Wildman–Crippen LogP) is -4.06. The Bertz CT molecular complexity index is 3360. The Kier molecular flexibility index (Phi) is 28.7. The van der Waals surface area contributed by atoms with Gasteiger partial charge in [0.2, 0.25) is 53.2 Å². The van der Waals surface area contributed by atoms with E-state index in [0.29, 0.717) is 43.2 Å². The first-order chi connectivity index (χ1) is 47.3. The number of carbonyl (C=O) groups excluding carboxylic acids is 9. The standard InChI is InChI=1S/C67H97N19O13/c1-84(61(95)46(23-13-27-76-66(71)72)79-56(90)45(68)22-12-26-75-65(69)70)53(30-39-17-6-3-7-18-39)63(97)85-36-44(88)34-51(85)58(92)78-35-54(89)83-55(43-31-40-19-8-9-20-41(40)32-43)60(94)82-49(37-87)57(91)81-48(29-38-15-4-2-5-16-38)62(96)86-50-25-11-10-21-42(50)33-52(86)59(93)80-47(64(98)99)24-14-28-77-67(73)74/h2-9,15-20,42-53,55,87-88H,10-14,21-37,68H2,1H3,(H,78,92)(H,79,90)(H,80,93)(H,81,91)(H,82,94)(H,83,89)(H,98,99)(H4,69,70,75)(H4,71,72,76)(H4,73,74,77)/t42-,44+,45+,46-,47-,48-,49-,50-,51-,52-,53-,55-/m0/s1. The Balaban J connectivity index is 1.07. The van der Waals surface area contributed by atoms with Gasteiger partial charge in [-0.3, -0.25) is 58.1 Å². The molecule has 2 aliphatic heterocycles. The molecule has 0 spiro atoms.